The third-order valence-electron chi connectivity index (χ3n) is 3.19. The first-order valence-corrected chi connectivity index (χ1v) is 6.34. The maximum Gasteiger partial charge on any atom is 0.127 e. The Morgan fingerprint density at radius 1 is 1.22 bits per heavy atom. The summed E-state index contributed by atoms with van der Waals surface area (Å²) in [5.41, 5.74) is 3.64. The van der Waals surface area contributed by atoms with E-state index in [4.69, 9.17) is 9.47 Å². The van der Waals surface area contributed by atoms with E-state index in [1.165, 1.54) is 11.1 Å². The quantitative estimate of drug-likeness (QED) is 0.784. The highest BCUT2D eigenvalue weighted by Gasteiger charge is 2.20. The van der Waals surface area contributed by atoms with Crippen LogP contribution < -0.4 is 4.74 Å². The van der Waals surface area contributed by atoms with Crippen molar-refractivity contribution >= 4 is 5.57 Å². The first-order chi connectivity index (χ1) is 8.88. The number of rotatable bonds is 2. The molecule has 0 saturated heterocycles. The van der Waals surface area contributed by atoms with Crippen LogP contribution in [0.5, 0.6) is 5.75 Å². The minimum absolute atomic E-state index is 0.649. The SMILES string of the molecule is CCOC1=CCC=C2COc3ccccc3C2=C1. The summed E-state index contributed by atoms with van der Waals surface area (Å²) in [6.07, 6.45) is 7.36. The van der Waals surface area contributed by atoms with Gasteiger partial charge in [-0.05, 0) is 42.7 Å². The van der Waals surface area contributed by atoms with Crippen LogP contribution in [0.25, 0.3) is 5.57 Å². The molecule has 2 aliphatic rings. The fourth-order valence-corrected chi connectivity index (χ4v) is 2.35. The van der Waals surface area contributed by atoms with Gasteiger partial charge in [-0.1, -0.05) is 24.3 Å². The van der Waals surface area contributed by atoms with Crippen molar-refractivity contribution < 1.29 is 9.47 Å². The van der Waals surface area contributed by atoms with Gasteiger partial charge in [0.25, 0.3) is 0 Å². The Morgan fingerprint density at radius 3 is 3.00 bits per heavy atom. The van der Waals surface area contributed by atoms with E-state index in [0.29, 0.717) is 13.2 Å². The van der Waals surface area contributed by atoms with Crippen molar-refractivity contribution in [3.8, 4) is 5.75 Å². The van der Waals surface area contributed by atoms with Gasteiger partial charge in [-0.2, -0.15) is 0 Å². The van der Waals surface area contributed by atoms with Gasteiger partial charge in [-0.3, -0.25) is 0 Å². The van der Waals surface area contributed by atoms with Crippen molar-refractivity contribution in [3.05, 3.63) is 59.4 Å². The third kappa shape index (κ3) is 1.94. The number of allylic oxidation sites excluding steroid dienone is 3. The predicted molar refractivity (Wildman–Crippen MR) is 72.3 cm³/mol. The molecule has 0 radical (unpaired) electrons. The maximum absolute atomic E-state index is 5.77. The van der Waals surface area contributed by atoms with Gasteiger partial charge < -0.3 is 9.47 Å². The van der Waals surface area contributed by atoms with E-state index < -0.39 is 0 Å². The van der Waals surface area contributed by atoms with Crippen LogP contribution in [0.1, 0.15) is 18.9 Å². The fourth-order valence-electron chi connectivity index (χ4n) is 2.35. The molecule has 1 aliphatic heterocycles. The molecular formula is C16H16O2. The van der Waals surface area contributed by atoms with Crippen LogP contribution in [0.4, 0.5) is 0 Å². The second kappa shape index (κ2) is 4.73. The molecular weight excluding hydrogens is 224 g/mol. The van der Waals surface area contributed by atoms with Gasteiger partial charge in [0.1, 0.15) is 18.1 Å². The summed E-state index contributed by atoms with van der Waals surface area (Å²) in [6.45, 7) is 3.36. The summed E-state index contributed by atoms with van der Waals surface area (Å²) >= 11 is 0. The average Bonchev–Trinajstić information content (AvgIpc) is 2.61. The van der Waals surface area contributed by atoms with Crippen LogP contribution in [-0.4, -0.2) is 13.2 Å². The van der Waals surface area contributed by atoms with E-state index in [9.17, 15) is 0 Å². The van der Waals surface area contributed by atoms with Crippen LogP contribution in [-0.2, 0) is 4.74 Å². The van der Waals surface area contributed by atoms with Gasteiger partial charge in [-0.15, -0.1) is 0 Å². The molecule has 0 aromatic heterocycles. The van der Waals surface area contributed by atoms with E-state index in [-0.39, 0.29) is 0 Å². The highest BCUT2D eigenvalue weighted by molar-refractivity contribution is 5.85. The van der Waals surface area contributed by atoms with Gasteiger partial charge in [0.2, 0.25) is 0 Å². The van der Waals surface area contributed by atoms with Gasteiger partial charge in [-0.25, -0.2) is 0 Å². The molecule has 1 aromatic carbocycles. The first kappa shape index (κ1) is 11.1. The Labute approximate surface area is 107 Å². The van der Waals surface area contributed by atoms with Crippen LogP contribution in [0, 0.1) is 0 Å². The van der Waals surface area contributed by atoms with Gasteiger partial charge in [0.15, 0.2) is 0 Å². The number of para-hydroxylation sites is 1. The second-order valence-electron chi connectivity index (χ2n) is 4.35. The standard InChI is InChI=1S/C16H16O2/c1-2-17-13-7-5-6-12-11-18-16-9-4-3-8-14(16)15(12)10-13/h3-4,6-10H,2,5,11H2,1H3. The molecule has 0 atom stereocenters. The molecule has 1 aliphatic carbocycles. The largest absolute Gasteiger partial charge is 0.494 e. The zero-order valence-corrected chi connectivity index (χ0v) is 10.5. The lowest BCUT2D eigenvalue weighted by molar-refractivity contribution is 0.242. The van der Waals surface area contributed by atoms with Gasteiger partial charge in [0.05, 0.1) is 6.61 Å². The lowest BCUT2D eigenvalue weighted by Crippen LogP contribution is -2.11. The van der Waals surface area contributed by atoms with Crippen molar-refractivity contribution in [2.24, 2.45) is 0 Å². The molecule has 0 fully saturated rings. The zero-order valence-electron chi connectivity index (χ0n) is 10.5. The highest BCUT2D eigenvalue weighted by atomic mass is 16.5. The Balaban J connectivity index is 2.07. The zero-order chi connectivity index (χ0) is 12.4. The summed E-state index contributed by atoms with van der Waals surface area (Å²) in [7, 11) is 0. The highest BCUT2D eigenvalue weighted by Crippen LogP contribution is 2.37. The Hall–Kier alpha value is -1.96. The van der Waals surface area contributed by atoms with Crippen LogP contribution in [0.15, 0.2) is 53.8 Å². The molecule has 2 heteroatoms. The summed E-state index contributed by atoms with van der Waals surface area (Å²) in [6, 6.07) is 8.16. The van der Waals surface area contributed by atoms with Crippen molar-refractivity contribution in [2.45, 2.75) is 13.3 Å². The molecule has 1 aromatic rings. The fraction of sp³-hybridized carbons (Fsp3) is 0.250. The van der Waals surface area contributed by atoms with E-state index in [2.05, 4.69) is 24.3 Å². The van der Waals surface area contributed by atoms with Crippen molar-refractivity contribution in [3.63, 3.8) is 0 Å². The molecule has 1 heterocycles. The molecule has 0 saturated carbocycles. The first-order valence-electron chi connectivity index (χ1n) is 6.34. The van der Waals surface area contributed by atoms with Crippen LogP contribution in [0.3, 0.4) is 0 Å². The molecule has 0 N–H and O–H groups in total. The number of hydrogen-bond acceptors (Lipinski definition) is 2. The topological polar surface area (TPSA) is 18.5 Å². The van der Waals surface area contributed by atoms with Crippen molar-refractivity contribution in [1.82, 2.24) is 0 Å². The molecule has 92 valence electrons. The minimum atomic E-state index is 0.649. The Morgan fingerprint density at radius 2 is 2.11 bits per heavy atom. The van der Waals surface area contributed by atoms with E-state index >= 15 is 0 Å². The van der Waals surface area contributed by atoms with E-state index in [1.807, 2.05) is 25.1 Å². The Kier molecular flexibility index (Phi) is 2.93. The van der Waals surface area contributed by atoms with E-state index in [0.717, 1.165) is 23.5 Å². The third-order valence-corrected chi connectivity index (χ3v) is 3.19. The summed E-state index contributed by atoms with van der Waals surface area (Å²) in [4.78, 5) is 0. The van der Waals surface area contributed by atoms with Crippen molar-refractivity contribution in [2.75, 3.05) is 13.2 Å². The molecule has 18 heavy (non-hydrogen) atoms. The van der Waals surface area contributed by atoms with Crippen LogP contribution in [0.2, 0.25) is 0 Å². The second-order valence-corrected chi connectivity index (χ2v) is 4.35. The molecule has 0 amide bonds. The molecule has 0 unspecified atom stereocenters. The van der Waals surface area contributed by atoms with Crippen molar-refractivity contribution in [1.29, 1.82) is 0 Å². The summed E-state index contributed by atoms with van der Waals surface area (Å²) < 4.78 is 11.4. The number of hydrogen-bond donors (Lipinski definition) is 0. The number of fused-ring (bicyclic) bond motifs is 3. The van der Waals surface area contributed by atoms with E-state index in [1.54, 1.807) is 0 Å². The smallest absolute Gasteiger partial charge is 0.127 e. The summed E-state index contributed by atoms with van der Waals surface area (Å²) in [5.74, 6) is 1.91. The average molecular weight is 240 g/mol. The summed E-state index contributed by atoms with van der Waals surface area (Å²) in [5, 5.41) is 0. The number of benzene rings is 1. The Bertz CT molecular complexity index is 550. The molecule has 2 nitrogen and oxygen atoms in total. The normalized spacial score (nSPS) is 17.3. The maximum atomic E-state index is 5.77. The molecule has 0 bridgehead atoms. The lowest BCUT2D eigenvalue weighted by Gasteiger charge is -2.22. The molecule has 3 rings (SSSR count). The van der Waals surface area contributed by atoms with Crippen LogP contribution >= 0.6 is 0 Å². The molecule has 0 spiro atoms. The predicted octanol–water partition coefficient (Wildman–Crippen LogP) is 3.71. The monoisotopic (exact) mass is 240 g/mol. The van der Waals surface area contributed by atoms with Gasteiger partial charge >= 0.3 is 0 Å². The lowest BCUT2D eigenvalue weighted by atomic mass is 9.95. The van der Waals surface area contributed by atoms with Gasteiger partial charge in [0, 0.05) is 5.56 Å². The minimum Gasteiger partial charge on any atom is -0.494 e. The number of ether oxygens (including phenoxy) is 2.